The number of hydrazone groups is 1. The molecular weight excluding hydrogens is 306 g/mol. The Balaban J connectivity index is 3.18. The van der Waals surface area contributed by atoms with Gasteiger partial charge in [0.2, 0.25) is 10.0 Å². The van der Waals surface area contributed by atoms with Crippen molar-refractivity contribution in [2.75, 3.05) is 24.2 Å². The third kappa shape index (κ3) is 5.03. The number of ether oxygens (including phenoxy) is 1. The molecule has 0 heterocycles. The monoisotopic (exact) mass is 327 g/mol. The molecule has 0 bridgehead atoms. The molecule has 0 saturated heterocycles. The Morgan fingerprint density at radius 2 is 2.00 bits per heavy atom. The van der Waals surface area contributed by atoms with Gasteiger partial charge in [-0.2, -0.15) is 5.10 Å². The molecule has 0 atom stereocenters. The van der Waals surface area contributed by atoms with Gasteiger partial charge in [0, 0.05) is 5.71 Å². The van der Waals surface area contributed by atoms with Crippen LogP contribution in [0, 0.1) is 6.92 Å². The molecule has 122 valence electrons. The molecule has 0 aliphatic heterocycles. The van der Waals surface area contributed by atoms with Crippen LogP contribution in [0.5, 0.6) is 5.75 Å². The Kier molecular flexibility index (Phi) is 5.92. The van der Waals surface area contributed by atoms with E-state index in [9.17, 15) is 13.2 Å². The average Bonchev–Trinajstić information content (AvgIpc) is 2.41. The van der Waals surface area contributed by atoms with Crippen LogP contribution < -0.4 is 14.5 Å². The summed E-state index contributed by atoms with van der Waals surface area (Å²) in [5.41, 5.74) is 4.14. The molecule has 0 fully saturated rings. The first-order chi connectivity index (χ1) is 10.1. The van der Waals surface area contributed by atoms with Gasteiger partial charge in [0.15, 0.2) is 0 Å². The van der Waals surface area contributed by atoms with Crippen LogP contribution in [0.25, 0.3) is 0 Å². The third-order valence-electron chi connectivity index (χ3n) is 2.69. The summed E-state index contributed by atoms with van der Waals surface area (Å²) in [6.45, 7) is 4.89. The topological polar surface area (TPSA) is 88.1 Å². The van der Waals surface area contributed by atoms with Crippen LogP contribution in [0.1, 0.15) is 19.4 Å². The lowest BCUT2D eigenvalue weighted by atomic mass is 10.2. The summed E-state index contributed by atoms with van der Waals surface area (Å²) < 4.78 is 30.3. The summed E-state index contributed by atoms with van der Waals surface area (Å²) >= 11 is 0. The Bertz CT molecular complexity index is 679. The van der Waals surface area contributed by atoms with Gasteiger partial charge in [-0.15, -0.1) is 0 Å². The van der Waals surface area contributed by atoms with Gasteiger partial charge >= 0.3 is 0 Å². The second-order valence-electron chi connectivity index (χ2n) is 5.04. The molecule has 0 unspecified atom stereocenters. The van der Waals surface area contributed by atoms with Crippen LogP contribution in [-0.4, -0.2) is 39.9 Å². The number of benzene rings is 1. The number of rotatable bonds is 6. The lowest BCUT2D eigenvalue weighted by Crippen LogP contribution is -2.39. The van der Waals surface area contributed by atoms with E-state index in [4.69, 9.17) is 4.74 Å². The summed E-state index contributed by atoms with van der Waals surface area (Å²) in [6.07, 6.45) is 1.04. The maximum Gasteiger partial charge on any atom is 0.260 e. The zero-order valence-electron chi connectivity index (χ0n) is 13.4. The van der Waals surface area contributed by atoms with Gasteiger partial charge in [-0.1, -0.05) is 6.07 Å². The van der Waals surface area contributed by atoms with E-state index in [0.717, 1.165) is 16.1 Å². The van der Waals surface area contributed by atoms with E-state index in [1.54, 1.807) is 32.0 Å². The minimum atomic E-state index is -3.66. The fourth-order valence-electron chi connectivity index (χ4n) is 1.72. The fraction of sp³-hybridized carbons (Fsp3) is 0.429. The Morgan fingerprint density at radius 3 is 2.50 bits per heavy atom. The van der Waals surface area contributed by atoms with Crippen molar-refractivity contribution in [2.45, 2.75) is 20.8 Å². The zero-order chi connectivity index (χ0) is 16.9. The zero-order valence-corrected chi connectivity index (χ0v) is 14.2. The van der Waals surface area contributed by atoms with E-state index < -0.39 is 15.9 Å². The SMILES string of the molecule is COc1ccc(C)cc1N(CC(=O)NN=C(C)C)S(C)(=O)=O. The molecule has 1 aromatic rings. The van der Waals surface area contributed by atoms with Crippen molar-refractivity contribution in [3.63, 3.8) is 0 Å². The molecule has 0 radical (unpaired) electrons. The molecule has 0 aliphatic carbocycles. The first kappa shape index (κ1) is 18.0. The minimum absolute atomic E-state index is 0.317. The second-order valence-corrected chi connectivity index (χ2v) is 6.95. The molecule has 22 heavy (non-hydrogen) atoms. The van der Waals surface area contributed by atoms with Crippen LogP contribution in [-0.2, 0) is 14.8 Å². The van der Waals surface area contributed by atoms with Gasteiger partial charge in [0.1, 0.15) is 12.3 Å². The number of hydrogen-bond donors (Lipinski definition) is 1. The predicted molar refractivity (Wildman–Crippen MR) is 86.8 cm³/mol. The van der Waals surface area contributed by atoms with Crippen molar-refractivity contribution < 1.29 is 17.9 Å². The first-order valence-corrected chi connectivity index (χ1v) is 8.42. The summed E-state index contributed by atoms with van der Waals surface area (Å²) in [5.74, 6) is -0.158. The highest BCUT2D eigenvalue weighted by atomic mass is 32.2. The normalized spacial score (nSPS) is 10.8. The van der Waals surface area contributed by atoms with Crippen molar-refractivity contribution in [1.29, 1.82) is 0 Å². The lowest BCUT2D eigenvalue weighted by Gasteiger charge is -2.23. The summed E-state index contributed by atoms with van der Waals surface area (Å²) in [4.78, 5) is 11.9. The number of nitrogens with one attached hydrogen (secondary N) is 1. The molecule has 0 aromatic heterocycles. The third-order valence-corrected chi connectivity index (χ3v) is 3.82. The quantitative estimate of drug-likeness (QED) is 0.630. The van der Waals surface area contributed by atoms with Gasteiger partial charge in [-0.05, 0) is 38.5 Å². The van der Waals surface area contributed by atoms with E-state index in [-0.39, 0.29) is 6.54 Å². The van der Waals surface area contributed by atoms with Gasteiger partial charge in [-0.3, -0.25) is 9.10 Å². The molecule has 8 heteroatoms. The lowest BCUT2D eigenvalue weighted by molar-refractivity contribution is -0.119. The Labute approximate surface area is 131 Å². The van der Waals surface area contributed by atoms with Crippen LogP contribution in [0.4, 0.5) is 5.69 Å². The smallest absolute Gasteiger partial charge is 0.260 e. The largest absolute Gasteiger partial charge is 0.495 e. The molecule has 1 aromatic carbocycles. The Hall–Kier alpha value is -2.09. The van der Waals surface area contributed by atoms with Crippen LogP contribution >= 0.6 is 0 Å². The van der Waals surface area contributed by atoms with E-state index in [1.165, 1.54) is 7.11 Å². The van der Waals surface area contributed by atoms with Crippen molar-refractivity contribution in [2.24, 2.45) is 5.10 Å². The van der Waals surface area contributed by atoms with Gasteiger partial charge < -0.3 is 4.74 Å². The highest BCUT2D eigenvalue weighted by Crippen LogP contribution is 2.30. The van der Waals surface area contributed by atoms with Gasteiger partial charge in [0.25, 0.3) is 5.91 Å². The van der Waals surface area contributed by atoms with E-state index >= 15 is 0 Å². The number of methoxy groups -OCH3 is 1. The maximum absolute atomic E-state index is 12.0. The van der Waals surface area contributed by atoms with E-state index in [2.05, 4.69) is 10.5 Å². The maximum atomic E-state index is 12.0. The summed E-state index contributed by atoms with van der Waals surface area (Å²) in [7, 11) is -2.21. The molecular formula is C14H21N3O4S. The number of nitrogens with zero attached hydrogens (tertiary/aromatic N) is 2. The number of sulfonamides is 1. The molecule has 1 amide bonds. The van der Waals surface area contributed by atoms with Crippen LogP contribution in [0.2, 0.25) is 0 Å². The standard InChI is InChI=1S/C14H21N3O4S/c1-10(2)15-16-14(18)9-17(22(5,19)20)12-8-11(3)6-7-13(12)21-4/h6-8H,9H2,1-5H3,(H,16,18). The van der Waals surface area contributed by atoms with Crippen molar-refractivity contribution in [1.82, 2.24) is 5.43 Å². The van der Waals surface area contributed by atoms with Crippen LogP contribution in [0.15, 0.2) is 23.3 Å². The average molecular weight is 327 g/mol. The molecule has 0 aliphatic rings. The number of amides is 1. The predicted octanol–water partition coefficient (Wildman–Crippen LogP) is 1.28. The first-order valence-electron chi connectivity index (χ1n) is 6.57. The number of carbonyl (C=O) groups is 1. The highest BCUT2D eigenvalue weighted by molar-refractivity contribution is 7.92. The molecule has 0 saturated carbocycles. The van der Waals surface area contributed by atoms with Crippen molar-refractivity contribution in [3.05, 3.63) is 23.8 Å². The molecule has 7 nitrogen and oxygen atoms in total. The molecule has 0 spiro atoms. The number of hydrogen-bond acceptors (Lipinski definition) is 5. The fourth-order valence-corrected chi connectivity index (χ4v) is 2.57. The molecule has 1 rings (SSSR count). The molecule has 1 N–H and O–H groups in total. The van der Waals surface area contributed by atoms with Crippen LogP contribution in [0.3, 0.4) is 0 Å². The minimum Gasteiger partial charge on any atom is -0.495 e. The van der Waals surface area contributed by atoms with Crippen molar-refractivity contribution in [3.8, 4) is 5.75 Å². The number of anilines is 1. The van der Waals surface area contributed by atoms with E-state index in [0.29, 0.717) is 17.1 Å². The summed E-state index contributed by atoms with van der Waals surface area (Å²) in [5, 5.41) is 3.78. The summed E-state index contributed by atoms with van der Waals surface area (Å²) in [6, 6.07) is 5.12. The number of carbonyl (C=O) groups excluding carboxylic acids is 1. The van der Waals surface area contributed by atoms with Gasteiger partial charge in [0.05, 0.1) is 19.1 Å². The highest BCUT2D eigenvalue weighted by Gasteiger charge is 2.24. The van der Waals surface area contributed by atoms with Gasteiger partial charge in [-0.25, -0.2) is 13.8 Å². The number of aryl methyl sites for hydroxylation is 1. The second kappa shape index (κ2) is 7.26. The Morgan fingerprint density at radius 1 is 1.36 bits per heavy atom. The van der Waals surface area contributed by atoms with Crippen molar-refractivity contribution >= 4 is 27.3 Å². The van der Waals surface area contributed by atoms with E-state index in [1.807, 2.05) is 6.92 Å².